The number of carbonyl (C=O) groups excluding carboxylic acids is 1. The van der Waals surface area contributed by atoms with Crippen molar-refractivity contribution in [2.24, 2.45) is 35.5 Å². The van der Waals surface area contributed by atoms with Crippen LogP contribution in [0.5, 0.6) is 0 Å². The molecule has 1 N–H and O–H groups in total. The Labute approximate surface area is 118 Å². The van der Waals surface area contributed by atoms with Crippen molar-refractivity contribution in [1.29, 1.82) is 0 Å². The second-order valence-electron chi connectivity index (χ2n) is 7.05. The van der Waals surface area contributed by atoms with Crippen LogP contribution in [0.2, 0.25) is 0 Å². The van der Waals surface area contributed by atoms with Crippen molar-refractivity contribution in [3.63, 3.8) is 0 Å². The maximum absolute atomic E-state index is 12.3. The van der Waals surface area contributed by atoms with Gasteiger partial charge in [-0.15, -0.1) is 0 Å². The van der Waals surface area contributed by atoms with E-state index in [1.807, 2.05) is 6.08 Å². The highest BCUT2D eigenvalue weighted by Gasteiger charge is 2.48. The number of esters is 1. The highest BCUT2D eigenvalue weighted by atomic mass is 16.5. The van der Waals surface area contributed by atoms with Crippen molar-refractivity contribution < 1.29 is 19.4 Å². The summed E-state index contributed by atoms with van der Waals surface area (Å²) in [5.74, 6) is 0.981. The van der Waals surface area contributed by atoms with Crippen LogP contribution in [0.3, 0.4) is 0 Å². The molecule has 0 saturated heterocycles. The van der Waals surface area contributed by atoms with E-state index in [9.17, 15) is 14.7 Å². The Morgan fingerprint density at radius 2 is 1.95 bits per heavy atom. The van der Waals surface area contributed by atoms with Crippen molar-refractivity contribution in [3.8, 4) is 0 Å². The number of fused-ring (bicyclic) bond motifs is 4. The molecule has 4 aliphatic carbocycles. The van der Waals surface area contributed by atoms with Crippen LogP contribution in [-0.4, -0.2) is 17.0 Å². The molecular weight excluding hydrogens is 256 g/mol. The molecule has 0 amide bonds. The van der Waals surface area contributed by atoms with E-state index >= 15 is 0 Å². The van der Waals surface area contributed by atoms with E-state index in [1.54, 1.807) is 0 Å². The van der Waals surface area contributed by atoms with Gasteiger partial charge in [0.2, 0.25) is 0 Å². The topological polar surface area (TPSA) is 63.6 Å². The third kappa shape index (κ3) is 1.80. The van der Waals surface area contributed by atoms with Crippen LogP contribution in [0.4, 0.5) is 0 Å². The lowest BCUT2D eigenvalue weighted by Crippen LogP contribution is -2.27. The molecule has 4 aliphatic rings. The maximum atomic E-state index is 12.3. The monoisotopic (exact) mass is 276 g/mol. The van der Waals surface area contributed by atoms with E-state index in [2.05, 4.69) is 0 Å². The van der Waals surface area contributed by atoms with Crippen LogP contribution < -0.4 is 0 Å². The van der Waals surface area contributed by atoms with Gasteiger partial charge < -0.3 is 9.84 Å². The number of carboxylic acids is 1. The Hall–Kier alpha value is -1.32. The average Bonchev–Trinajstić information content (AvgIpc) is 3.17. The van der Waals surface area contributed by atoms with Gasteiger partial charge in [0.1, 0.15) is 5.76 Å². The summed E-state index contributed by atoms with van der Waals surface area (Å²) in [5.41, 5.74) is 0. The highest BCUT2D eigenvalue weighted by molar-refractivity contribution is 5.76. The molecular formula is C16H20O4. The zero-order valence-corrected chi connectivity index (χ0v) is 11.5. The third-order valence-corrected chi connectivity index (χ3v) is 5.94. The fraction of sp³-hybridized carbons (Fsp3) is 0.750. The fourth-order valence-electron chi connectivity index (χ4n) is 4.99. The van der Waals surface area contributed by atoms with Crippen LogP contribution >= 0.6 is 0 Å². The zero-order chi connectivity index (χ0) is 13.9. The molecule has 0 aromatic heterocycles. The van der Waals surface area contributed by atoms with Crippen molar-refractivity contribution in [3.05, 3.63) is 11.8 Å². The van der Waals surface area contributed by atoms with Gasteiger partial charge in [0.15, 0.2) is 0 Å². The van der Waals surface area contributed by atoms with Crippen LogP contribution in [0, 0.1) is 35.5 Å². The molecule has 20 heavy (non-hydrogen) atoms. The minimum atomic E-state index is -0.751. The molecule has 4 heteroatoms. The van der Waals surface area contributed by atoms with E-state index < -0.39 is 5.97 Å². The smallest absolute Gasteiger partial charge is 0.314 e. The molecule has 4 bridgehead atoms. The number of carboxylic acid groups (broad SMARTS) is 1. The lowest BCUT2D eigenvalue weighted by molar-refractivity contribution is -0.150. The lowest BCUT2D eigenvalue weighted by Gasteiger charge is -2.24. The summed E-state index contributed by atoms with van der Waals surface area (Å²) in [6, 6.07) is 0. The molecule has 0 aliphatic heterocycles. The van der Waals surface area contributed by atoms with E-state index in [4.69, 9.17) is 4.74 Å². The fourth-order valence-corrected chi connectivity index (χ4v) is 4.99. The van der Waals surface area contributed by atoms with Gasteiger partial charge in [-0.1, -0.05) is 6.42 Å². The van der Waals surface area contributed by atoms with E-state index in [-0.39, 0.29) is 23.7 Å². The summed E-state index contributed by atoms with van der Waals surface area (Å²) >= 11 is 0. The quantitative estimate of drug-likeness (QED) is 0.805. The number of ether oxygens (including phenoxy) is 1. The molecule has 0 spiro atoms. The summed E-state index contributed by atoms with van der Waals surface area (Å²) in [6.07, 6.45) is 8.13. The standard InChI is InChI=1S/C16H20O4/c17-15(18)13-6-9-5-12(13)14(7-9)20-16(19)11-4-8-1-2-10(11)3-8/h7-13H,1-6H2,(H,17,18). The molecule has 0 aromatic carbocycles. The van der Waals surface area contributed by atoms with Crippen molar-refractivity contribution in [2.45, 2.75) is 38.5 Å². The van der Waals surface area contributed by atoms with Gasteiger partial charge in [0.05, 0.1) is 11.8 Å². The first kappa shape index (κ1) is 12.4. The first-order chi connectivity index (χ1) is 9.61. The molecule has 6 atom stereocenters. The molecule has 3 saturated carbocycles. The second kappa shape index (κ2) is 4.34. The predicted octanol–water partition coefficient (Wildman–Crippen LogP) is 2.59. The summed E-state index contributed by atoms with van der Waals surface area (Å²) < 4.78 is 5.62. The summed E-state index contributed by atoms with van der Waals surface area (Å²) in [5, 5.41) is 9.22. The Balaban J connectivity index is 1.44. The maximum Gasteiger partial charge on any atom is 0.314 e. The van der Waals surface area contributed by atoms with Crippen LogP contribution in [0.25, 0.3) is 0 Å². The summed E-state index contributed by atoms with van der Waals surface area (Å²) in [6.45, 7) is 0. The molecule has 0 aromatic rings. The lowest BCUT2D eigenvalue weighted by atomic mass is 9.88. The van der Waals surface area contributed by atoms with Gasteiger partial charge in [-0.3, -0.25) is 9.59 Å². The van der Waals surface area contributed by atoms with Crippen molar-refractivity contribution in [2.75, 3.05) is 0 Å². The number of hydrogen-bond donors (Lipinski definition) is 1. The normalized spacial score (nSPS) is 44.7. The van der Waals surface area contributed by atoms with E-state index in [1.165, 1.54) is 12.8 Å². The van der Waals surface area contributed by atoms with Gasteiger partial charge in [-0.05, 0) is 55.9 Å². The average molecular weight is 276 g/mol. The Morgan fingerprint density at radius 1 is 1.10 bits per heavy atom. The first-order valence-electron chi connectivity index (χ1n) is 7.78. The highest BCUT2D eigenvalue weighted by Crippen LogP contribution is 2.51. The minimum Gasteiger partial charge on any atom is -0.481 e. The molecule has 0 heterocycles. The second-order valence-corrected chi connectivity index (χ2v) is 7.05. The van der Waals surface area contributed by atoms with E-state index in [0.717, 1.165) is 25.2 Å². The van der Waals surface area contributed by atoms with Gasteiger partial charge in [0, 0.05) is 5.92 Å². The number of hydrogen-bond acceptors (Lipinski definition) is 3. The minimum absolute atomic E-state index is 0.0667. The van der Waals surface area contributed by atoms with Gasteiger partial charge in [-0.2, -0.15) is 0 Å². The third-order valence-electron chi connectivity index (χ3n) is 5.94. The Bertz CT molecular complexity index is 495. The van der Waals surface area contributed by atoms with E-state index in [0.29, 0.717) is 24.0 Å². The predicted molar refractivity (Wildman–Crippen MR) is 70.5 cm³/mol. The molecule has 4 nitrogen and oxygen atoms in total. The number of aliphatic carboxylic acids is 1. The van der Waals surface area contributed by atoms with Crippen LogP contribution in [0.15, 0.2) is 11.8 Å². The van der Waals surface area contributed by atoms with Crippen LogP contribution in [-0.2, 0) is 14.3 Å². The number of allylic oxidation sites excluding steroid dienone is 2. The first-order valence-corrected chi connectivity index (χ1v) is 7.78. The van der Waals surface area contributed by atoms with Gasteiger partial charge in [0.25, 0.3) is 0 Å². The van der Waals surface area contributed by atoms with Crippen molar-refractivity contribution >= 4 is 11.9 Å². The zero-order valence-electron chi connectivity index (χ0n) is 11.5. The number of rotatable bonds is 3. The summed E-state index contributed by atoms with van der Waals surface area (Å²) in [4.78, 5) is 23.5. The van der Waals surface area contributed by atoms with Crippen molar-refractivity contribution in [1.82, 2.24) is 0 Å². The van der Waals surface area contributed by atoms with Gasteiger partial charge >= 0.3 is 11.9 Å². The molecule has 108 valence electrons. The van der Waals surface area contributed by atoms with Gasteiger partial charge in [-0.25, -0.2) is 0 Å². The Kier molecular flexibility index (Phi) is 2.69. The molecule has 4 rings (SSSR count). The Morgan fingerprint density at radius 3 is 2.55 bits per heavy atom. The molecule has 0 radical (unpaired) electrons. The van der Waals surface area contributed by atoms with Crippen LogP contribution in [0.1, 0.15) is 38.5 Å². The molecule has 3 fully saturated rings. The number of carbonyl (C=O) groups is 2. The summed E-state index contributed by atoms with van der Waals surface area (Å²) in [7, 11) is 0. The SMILES string of the molecule is O=C(OC1=CC2CC(C(=O)O)C1C2)C1CC2CCC1C2. The largest absolute Gasteiger partial charge is 0.481 e. The molecule has 6 unspecified atom stereocenters.